The normalized spacial score (nSPS) is 15.3. The predicted molar refractivity (Wildman–Crippen MR) is 185 cm³/mol. The molecule has 5 nitrogen and oxygen atoms in total. The topological polar surface area (TPSA) is 45.2 Å². The van der Waals surface area contributed by atoms with Gasteiger partial charge in [-0.2, -0.15) is 0 Å². The van der Waals surface area contributed by atoms with E-state index in [0.29, 0.717) is 11.7 Å². The van der Waals surface area contributed by atoms with E-state index in [1.54, 1.807) is 12.7 Å². The highest BCUT2D eigenvalue weighted by Crippen LogP contribution is 2.46. The largest absolute Gasteiger partial charge is 0.311 e. The molecule has 216 valence electrons. The number of nitrogens with zero attached hydrogens (tertiary/aromatic N) is 5. The molecule has 0 N–H and O–H groups in total. The molecule has 9 rings (SSSR count). The second-order valence-corrected chi connectivity index (χ2v) is 12.4. The van der Waals surface area contributed by atoms with E-state index in [-0.39, 0.29) is 6.71 Å². The van der Waals surface area contributed by atoms with Crippen molar-refractivity contribution >= 4 is 57.2 Å². The number of benzene rings is 5. The van der Waals surface area contributed by atoms with E-state index in [1.807, 2.05) is 0 Å². The third-order valence-electron chi connectivity index (χ3n) is 9.87. The van der Waals surface area contributed by atoms with E-state index in [0.717, 1.165) is 11.3 Å². The molecule has 3 heterocycles. The third-order valence-corrected chi connectivity index (χ3v) is 9.87. The molecule has 2 aliphatic heterocycles. The Morgan fingerprint density at radius 3 is 1.73 bits per heavy atom. The Kier molecular flexibility index (Phi) is 6.25. The van der Waals surface area contributed by atoms with Crippen molar-refractivity contribution in [2.45, 2.75) is 38.0 Å². The van der Waals surface area contributed by atoms with E-state index in [4.69, 9.17) is 0 Å². The van der Waals surface area contributed by atoms with Crippen molar-refractivity contribution in [3.63, 3.8) is 0 Å². The van der Waals surface area contributed by atoms with E-state index in [1.165, 1.54) is 82.5 Å². The molecule has 1 saturated carbocycles. The fourth-order valence-corrected chi connectivity index (χ4v) is 7.87. The summed E-state index contributed by atoms with van der Waals surface area (Å²) >= 11 is 0. The maximum atomic E-state index is 4.38. The van der Waals surface area contributed by atoms with Crippen LogP contribution in [0.1, 0.15) is 43.6 Å². The van der Waals surface area contributed by atoms with Crippen molar-refractivity contribution < 1.29 is 0 Å². The van der Waals surface area contributed by atoms with Gasteiger partial charge in [0.05, 0.1) is 0 Å². The van der Waals surface area contributed by atoms with E-state index in [9.17, 15) is 0 Å². The quantitative estimate of drug-likeness (QED) is 0.200. The van der Waals surface area contributed by atoms with Gasteiger partial charge in [0.2, 0.25) is 0 Å². The smallest absolute Gasteiger partial charge is 0.252 e. The van der Waals surface area contributed by atoms with Crippen molar-refractivity contribution in [2.24, 2.45) is 0 Å². The van der Waals surface area contributed by atoms with Crippen LogP contribution in [0.15, 0.2) is 128 Å². The molecule has 1 aromatic heterocycles. The van der Waals surface area contributed by atoms with Gasteiger partial charge in [-0.3, -0.25) is 0 Å². The lowest BCUT2D eigenvalue weighted by Crippen LogP contribution is -2.61. The minimum absolute atomic E-state index is 0.142. The Balaban J connectivity index is 1.31. The summed E-state index contributed by atoms with van der Waals surface area (Å²) in [4.78, 5) is 17.8. The van der Waals surface area contributed by atoms with Crippen molar-refractivity contribution in [1.29, 1.82) is 0 Å². The zero-order valence-electron chi connectivity index (χ0n) is 25.1. The lowest BCUT2D eigenvalue weighted by atomic mass is 9.33. The van der Waals surface area contributed by atoms with Gasteiger partial charge < -0.3 is 9.80 Å². The number of para-hydroxylation sites is 3. The first-order chi connectivity index (χ1) is 22.3. The maximum absolute atomic E-state index is 4.38. The lowest BCUT2D eigenvalue weighted by Gasteiger charge is -2.44. The van der Waals surface area contributed by atoms with Gasteiger partial charge >= 0.3 is 0 Å². The molecule has 0 bridgehead atoms. The van der Waals surface area contributed by atoms with Crippen LogP contribution >= 0.6 is 0 Å². The van der Waals surface area contributed by atoms with Gasteiger partial charge in [0.25, 0.3) is 6.71 Å². The van der Waals surface area contributed by atoms with Gasteiger partial charge in [0, 0.05) is 39.7 Å². The predicted octanol–water partition coefficient (Wildman–Crippen LogP) is 7.67. The van der Waals surface area contributed by atoms with Crippen molar-refractivity contribution in [3.05, 3.63) is 133 Å². The van der Waals surface area contributed by atoms with Crippen molar-refractivity contribution in [2.75, 3.05) is 9.80 Å². The molecular formula is C39H32BN5. The van der Waals surface area contributed by atoms with Crippen LogP contribution in [0.3, 0.4) is 0 Å². The molecule has 45 heavy (non-hydrogen) atoms. The van der Waals surface area contributed by atoms with Gasteiger partial charge in [-0.25, -0.2) is 15.0 Å². The van der Waals surface area contributed by atoms with Gasteiger partial charge in [-0.05, 0) is 101 Å². The van der Waals surface area contributed by atoms with Crippen LogP contribution in [0.4, 0.5) is 34.1 Å². The van der Waals surface area contributed by atoms with Gasteiger partial charge in [0.1, 0.15) is 12.7 Å². The monoisotopic (exact) mass is 581 g/mol. The molecule has 0 radical (unpaired) electrons. The number of hydrogen-bond acceptors (Lipinski definition) is 5. The van der Waals surface area contributed by atoms with Crippen LogP contribution in [0.25, 0.3) is 11.4 Å². The molecule has 6 aromatic rings. The Morgan fingerprint density at radius 2 is 1.11 bits per heavy atom. The molecule has 3 aliphatic rings. The van der Waals surface area contributed by atoms with Crippen LogP contribution < -0.4 is 26.2 Å². The highest BCUT2D eigenvalue weighted by molar-refractivity contribution is 7.00. The molecule has 0 spiro atoms. The molecule has 0 atom stereocenters. The number of aromatic nitrogens is 3. The highest BCUT2D eigenvalue weighted by atomic mass is 15.2. The summed E-state index contributed by atoms with van der Waals surface area (Å²) < 4.78 is 0. The van der Waals surface area contributed by atoms with E-state index < -0.39 is 0 Å². The van der Waals surface area contributed by atoms with Crippen molar-refractivity contribution in [3.8, 4) is 11.4 Å². The average molecular weight is 582 g/mol. The Bertz CT molecular complexity index is 2010. The minimum atomic E-state index is 0.142. The van der Waals surface area contributed by atoms with E-state index >= 15 is 0 Å². The summed E-state index contributed by atoms with van der Waals surface area (Å²) in [5.41, 5.74) is 13.9. The summed E-state index contributed by atoms with van der Waals surface area (Å²) in [6.07, 6.45) is 9.55. The first-order valence-electron chi connectivity index (χ1n) is 16.1. The fourth-order valence-electron chi connectivity index (χ4n) is 7.87. The Hall–Kier alpha value is -5.23. The minimum Gasteiger partial charge on any atom is -0.311 e. The molecular weight excluding hydrogens is 549 g/mol. The fraction of sp³-hybridized carbons (Fsp3) is 0.154. The van der Waals surface area contributed by atoms with Crippen molar-refractivity contribution in [1.82, 2.24) is 15.0 Å². The highest BCUT2D eigenvalue weighted by Gasteiger charge is 2.43. The van der Waals surface area contributed by atoms with Crippen LogP contribution in [-0.2, 0) is 0 Å². The summed E-state index contributed by atoms with van der Waals surface area (Å²) in [7, 11) is 0. The first-order valence-corrected chi connectivity index (χ1v) is 16.1. The number of hydrogen-bond donors (Lipinski definition) is 0. The SMILES string of the molecule is c1ccc(N2c3ccccc3B3c4ccccc4N(c4ccc(-c5ncncn5)cc4)c4cc(C5CCCCC5)cc2c43)cc1. The molecule has 0 amide bonds. The standard InChI is InChI=1S/C39H32BN5/c1-3-11-27(12-4-1)29-23-36-38-37(24-29)45(31-21-19-28(20-22-31)39-42-25-41-26-43-39)35-18-10-8-16-33(35)40(38)32-15-7-9-17-34(32)44(36)30-13-5-2-6-14-30/h2,5-10,13-27H,1,3-4,11-12H2. The second kappa shape index (κ2) is 10.7. The average Bonchev–Trinajstić information content (AvgIpc) is 3.12. The van der Waals surface area contributed by atoms with Gasteiger partial charge in [-0.1, -0.05) is 73.9 Å². The molecule has 5 aromatic carbocycles. The van der Waals surface area contributed by atoms with E-state index in [2.05, 4.69) is 140 Å². The van der Waals surface area contributed by atoms with Crippen LogP contribution in [0.2, 0.25) is 0 Å². The zero-order valence-corrected chi connectivity index (χ0v) is 25.1. The third kappa shape index (κ3) is 4.27. The number of rotatable bonds is 4. The van der Waals surface area contributed by atoms with Crippen LogP contribution in [-0.4, -0.2) is 21.7 Å². The maximum Gasteiger partial charge on any atom is 0.252 e. The Labute approximate surface area is 264 Å². The summed E-state index contributed by atoms with van der Waals surface area (Å²) in [5.74, 6) is 1.25. The number of anilines is 6. The molecule has 1 aliphatic carbocycles. The molecule has 0 unspecified atom stereocenters. The molecule has 0 saturated heterocycles. The van der Waals surface area contributed by atoms with Gasteiger partial charge in [0.15, 0.2) is 5.82 Å². The zero-order chi connectivity index (χ0) is 29.7. The second-order valence-electron chi connectivity index (χ2n) is 12.4. The summed E-state index contributed by atoms with van der Waals surface area (Å²) in [5, 5.41) is 0. The van der Waals surface area contributed by atoms with Gasteiger partial charge in [-0.15, -0.1) is 0 Å². The molecule has 1 fully saturated rings. The Morgan fingerprint density at radius 1 is 0.556 bits per heavy atom. The first kappa shape index (κ1) is 26.2. The summed E-state index contributed by atoms with van der Waals surface area (Å²) in [6.45, 7) is 0.142. The summed E-state index contributed by atoms with van der Waals surface area (Å²) in [6, 6.07) is 42.6. The van der Waals surface area contributed by atoms with Crippen LogP contribution in [0, 0.1) is 0 Å². The number of fused-ring (bicyclic) bond motifs is 4. The molecule has 6 heteroatoms. The lowest BCUT2D eigenvalue weighted by molar-refractivity contribution is 0.444. The van der Waals surface area contributed by atoms with Crippen LogP contribution in [0.5, 0.6) is 0 Å².